The minimum Gasteiger partial charge on any atom is -0.357 e. The smallest absolute Gasteiger partial charge is 0.238 e. The van der Waals surface area contributed by atoms with Crippen molar-refractivity contribution in [1.82, 2.24) is 10.2 Å². The van der Waals surface area contributed by atoms with Gasteiger partial charge in [-0.2, -0.15) is 0 Å². The second-order valence-corrected chi connectivity index (χ2v) is 10.3. The molecule has 2 aromatic carbocycles. The Morgan fingerprint density at radius 3 is 2.72 bits per heavy atom. The lowest BCUT2D eigenvalue weighted by Gasteiger charge is -2.37. The molecule has 5 nitrogen and oxygen atoms in total. The van der Waals surface area contributed by atoms with Gasteiger partial charge >= 0.3 is 0 Å². The normalized spacial score (nSPS) is 18.3. The summed E-state index contributed by atoms with van der Waals surface area (Å²) < 4.78 is 0.831. The maximum absolute atomic E-state index is 13.3. The topological polar surface area (TPSA) is 58.1 Å². The predicted molar refractivity (Wildman–Crippen MR) is 121 cm³/mol. The van der Waals surface area contributed by atoms with E-state index in [4.69, 9.17) is 0 Å². The Bertz CT molecular complexity index is 1010. The van der Waals surface area contributed by atoms with Gasteiger partial charge in [0.2, 0.25) is 11.0 Å². The molecular weight excluding hydrogens is 420 g/mol. The van der Waals surface area contributed by atoms with Gasteiger partial charge in [-0.15, -0.1) is 22.0 Å². The van der Waals surface area contributed by atoms with Crippen LogP contribution in [0.5, 0.6) is 0 Å². The SMILES string of the molecule is O=C(CSc1nnc(NC2CC2)s1)N1c2ccccc2SCC1c1ccccc1. The largest absolute Gasteiger partial charge is 0.357 e. The number of thioether (sulfide) groups is 2. The Kier molecular flexibility index (Phi) is 5.48. The second-order valence-electron chi connectivity index (χ2n) is 7.05. The molecular formula is C21H20N4OS3. The molecule has 0 radical (unpaired) electrons. The Labute approximate surface area is 182 Å². The highest BCUT2D eigenvalue weighted by Crippen LogP contribution is 2.43. The van der Waals surface area contributed by atoms with Crippen molar-refractivity contribution in [3.8, 4) is 0 Å². The van der Waals surface area contributed by atoms with Crippen LogP contribution in [0.3, 0.4) is 0 Å². The summed E-state index contributed by atoms with van der Waals surface area (Å²) in [6.07, 6.45) is 2.40. The maximum atomic E-state index is 13.3. The molecule has 1 unspecified atom stereocenters. The molecule has 2 heterocycles. The lowest BCUT2D eigenvalue weighted by atomic mass is 10.1. The summed E-state index contributed by atoms with van der Waals surface area (Å²) in [7, 11) is 0. The van der Waals surface area contributed by atoms with Gasteiger partial charge in [-0.25, -0.2) is 0 Å². The molecule has 1 aromatic heterocycles. The van der Waals surface area contributed by atoms with Crippen LogP contribution in [0.4, 0.5) is 10.8 Å². The lowest BCUT2D eigenvalue weighted by Crippen LogP contribution is -2.39. The number of amides is 1. The molecule has 1 saturated carbocycles. The Morgan fingerprint density at radius 2 is 1.90 bits per heavy atom. The van der Waals surface area contributed by atoms with Crippen molar-refractivity contribution in [1.29, 1.82) is 0 Å². The first-order chi connectivity index (χ1) is 14.3. The van der Waals surface area contributed by atoms with E-state index in [1.165, 1.54) is 41.5 Å². The first-order valence-electron chi connectivity index (χ1n) is 9.59. The van der Waals surface area contributed by atoms with Crippen LogP contribution < -0.4 is 10.2 Å². The summed E-state index contributed by atoms with van der Waals surface area (Å²) in [5.74, 6) is 1.30. The van der Waals surface area contributed by atoms with E-state index in [0.29, 0.717) is 11.8 Å². The summed E-state index contributed by atoms with van der Waals surface area (Å²) in [6.45, 7) is 0. The molecule has 1 fully saturated rings. The fourth-order valence-corrected chi connectivity index (χ4v) is 6.20. The maximum Gasteiger partial charge on any atom is 0.238 e. The Hall–Kier alpha value is -2.03. The number of anilines is 2. The van der Waals surface area contributed by atoms with Gasteiger partial charge in [0.1, 0.15) is 0 Å². The van der Waals surface area contributed by atoms with Crippen LogP contribution in [0.15, 0.2) is 63.8 Å². The molecule has 0 bridgehead atoms. The number of fused-ring (bicyclic) bond motifs is 1. The molecule has 5 rings (SSSR count). The van der Waals surface area contributed by atoms with Crippen molar-refractivity contribution in [2.45, 2.75) is 34.2 Å². The molecule has 1 aliphatic carbocycles. The van der Waals surface area contributed by atoms with Gasteiger partial charge in [-0.1, -0.05) is 65.6 Å². The van der Waals surface area contributed by atoms with Crippen molar-refractivity contribution < 1.29 is 4.79 Å². The average molecular weight is 441 g/mol. The van der Waals surface area contributed by atoms with Crippen LogP contribution in [0.1, 0.15) is 24.4 Å². The molecule has 29 heavy (non-hydrogen) atoms. The van der Waals surface area contributed by atoms with Crippen molar-refractivity contribution >= 4 is 51.6 Å². The zero-order valence-corrected chi connectivity index (χ0v) is 18.1. The highest BCUT2D eigenvalue weighted by molar-refractivity contribution is 8.01. The average Bonchev–Trinajstić information content (AvgIpc) is 3.47. The molecule has 2 aliphatic rings. The van der Waals surface area contributed by atoms with E-state index >= 15 is 0 Å². The summed E-state index contributed by atoms with van der Waals surface area (Å²) in [5, 5.41) is 12.6. The van der Waals surface area contributed by atoms with E-state index in [-0.39, 0.29) is 11.9 Å². The number of rotatable bonds is 6. The third-order valence-electron chi connectivity index (χ3n) is 4.92. The monoisotopic (exact) mass is 440 g/mol. The fraction of sp³-hybridized carbons (Fsp3) is 0.286. The second kappa shape index (κ2) is 8.38. The van der Waals surface area contributed by atoms with Gasteiger partial charge in [0.25, 0.3) is 0 Å². The minimum absolute atomic E-state index is 0.0331. The van der Waals surface area contributed by atoms with E-state index in [9.17, 15) is 4.79 Å². The number of nitrogens with zero attached hydrogens (tertiary/aromatic N) is 3. The van der Waals surface area contributed by atoms with E-state index in [1.54, 1.807) is 0 Å². The zero-order chi connectivity index (χ0) is 19.6. The van der Waals surface area contributed by atoms with Crippen molar-refractivity contribution in [2.75, 3.05) is 21.7 Å². The number of carbonyl (C=O) groups excluding carboxylic acids is 1. The number of hydrogen-bond acceptors (Lipinski definition) is 7. The van der Waals surface area contributed by atoms with Crippen LogP contribution in [0.25, 0.3) is 0 Å². The highest BCUT2D eigenvalue weighted by atomic mass is 32.2. The third kappa shape index (κ3) is 4.29. The van der Waals surface area contributed by atoms with Crippen molar-refractivity contribution in [3.63, 3.8) is 0 Å². The summed E-state index contributed by atoms with van der Waals surface area (Å²) >= 11 is 4.81. The number of para-hydroxylation sites is 1. The van der Waals surface area contributed by atoms with Gasteiger partial charge in [-0.05, 0) is 30.5 Å². The third-order valence-corrected chi connectivity index (χ3v) is 8.03. The Morgan fingerprint density at radius 1 is 1.10 bits per heavy atom. The van der Waals surface area contributed by atoms with Gasteiger partial charge in [-0.3, -0.25) is 4.79 Å². The molecule has 1 atom stereocenters. The number of carbonyl (C=O) groups is 1. The first kappa shape index (κ1) is 19.0. The minimum atomic E-state index is 0.0331. The molecule has 3 aromatic rings. The lowest BCUT2D eigenvalue weighted by molar-refractivity contribution is -0.116. The molecule has 1 N–H and O–H groups in total. The molecule has 0 spiro atoms. The quantitative estimate of drug-likeness (QED) is 0.539. The van der Waals surface area contributed by atoms with E-state index in [0.717, 1.165) is 25.8 Å². The summed E-state index contributed by atoms with van der Waals surface area (Å²) in [6, 6.07) is 19.0. The van der Waals surface area contributed by atoms with E-state index < -0.39 is 0 Å². The van der Waals surface area contributed by atoms with E-state index in [1.807, 2.05) is 53.1 Å². The van der Waals surface area contributed by atoms with Crippen molar-refractivity contribution in [2.24, 2.45) is 0 Å². The fourth-order valence-electron chi connectivity index (χ4n) is 3.34. The van der Waals surface area contributed by atoms with Crippen LogP contribution in [-0.4, -0.2) is 33.7 Å². The number of nitrogens with one attached hydrogen (secondary N) is 1. The molecule has 8 heteroatoms. The molecule has 148 valence electrons. The van der Waals surface area contributed by atoms with Gasteiger partial charge in [0, 0.05) is 16.7 Å². The van der Waals surface area contributed by atoms with Gasteiger partial charge in [0.15, 0.2) is 4.34 Å². The van der Waals surface area contributed by atoms with Crippen LogP contribution in [-0.2, 0) is 4.79 Å². The summed E-state index contributed by atoms with van der Waals surface area (Å²) in [5.41, 5.74) is 2.16. The van der Waals surface area contributed by atoms with Gasteiger partial charge in [0.05, 0.1) is 17.5 Å². The van der Waals surface area contributed by atoms with Crippen LogP contribution in [0.2, 0.25) is 0 Å². The van der Waals surface area contributed by atoms with Crippen LogP contribution >= 0.6 is 34.9 Å². The molecule has 0 saturated heterocycles. The highest BCUT2D eigenvalue weighted by Gasteiger charge is 2.32. The summed E-state index contributed by atoms with van der Waals surface area (Å²) in [4.78, 5) is 16.5. The van der Waals surface area contributed by atoms with Gasteiger partial charge < -0.3 is 10.2 Å². The standard InChI is InChI=1S/C21H20N4OS3/c26-19(13-28-21-24-23-20(29-21)22-15-10-11-15)25-16-8-4-5-9-18(16)27-12-17(25)14-6-2-1-3-7-14/h1-9,15,17H,10-13H2,(H,22,23). The first-order valence-corrected chi connectivity index (χ1v) is 12.4. The number of aromatic nitrogens is 2. The van der Waals surface area contributed by atoms with Crippen LogP contribution in [0, 0.1) is 0 Å². The Balaban J connectivity index is 1.35. The molecule has 1 aliphatic heterocycles. The number of hydrogen-bond donors (Lipinski definition) is 1. The number of benzene rings is 2. The van der Waals surface area contributed by atoms with E-state index in [2.05, 4.69) is 33.7 Å². The van der Waals surface area contributed by atoms with Crippen molar-refractivity contribution in [3.05, 3.63) is 60.2 Å². The zero-order valence-electron chi connectivity index (χ0n) is 15.7. The molecule has 1 amide bonds. The predicted octanol–water partition coefficient (Wildman–Crippen LogP) is 5.08.